The van der Waals surface area contributed by atoms with E-state index < -0.39 is 0 Å². The van der Waals surface area contributed by atoms with E-state index in [0.29, 0.717) is 19.6 Å². The molecule has 1 unspecified atom stereocenters. The van der Waals surface area contributed by atoms with E-state index in [9.17, 15) is 4.39 Å². The van der Waals surface area contributed by atoms with Crippen LogP contribution in [0.25, 0.3) is 0 Å². The Morgan fingerprint density at radius 3 is 3.13 bits per heavy atom. The first-order valence-corrected chi connectivity index (χ1v) is 5.15. The molecule has 1 N–H and O–H groups in total. The molecule has 0 saturated heterocycles. The van der Waals surface area contributed by atoms with Crippen LogP contribution in [0.1, 0.15) is 6.42 Å². The summed E-state index contributed by atoms with van der Waals surface area (Å²) in [6.07, 6.45) is 2.24. The summed E-state index contributed by atoms with van der Waals surface area (Å²) in [4.78, 5) is 3.86. The Bertz CT molecular complexity index is 299. The molecule has 1 heterocycles. The third-order valence-corrected chi connectivity index (χ3v) is 2.20. The first kappa shape index (κ1) is 12.2. The number of alkyl halides is 1. The maximum Gasteiger partial charge on any atom is 0.165 e. The molecule has 3 nitrogen and oxygen atoms in total. The normalized spacial score (nSPS) is 12.5. The highest BCUT2D eigenvalue weighted by Gasteiger charge is 2.05. The predicted octanol–water partition coefficient (Wildman–Crippen LogP) is 2.28. The number of halogens is 2. The van der Waals surface area contributed by atoms with Crippen LogP contribution in [0.4, 0.5) is 10.2 Å². The Kier molecular flexibility index (Phi) is 5.36. The second kappa shape index (κ2) is 6.58. The topological polar surface area (TPSA) is 34.1 Å². The van der Waals surface area contributed by atoms with Crippen LogP contribution >= 0.6 is 11.6 Å². The van der Waals surface area contributed by atoms with Gasteiger partial charge in [-0.3, -0.25) is 0 Å². The second-order valence-electron chi connectivity index (χ2n) is 3.10. The average Bonchev–Trinajstić information content (AvgIpc) is 2.21. The molecule has 0 fully saturated rings. The number of methoxy groups -OCH3 is 1. The van der Waals surface area contributed by atoms with Crippen molar-refractivity contribution in [1.82, 2.24) is 4.98 Å². The highest BCUT2D eigenvalue weighted by atomic mass is 35.5. The Labute approximate surface area is 93.6 Å². The van der Waals surface area contributed by atoms with Gasteiger partial charge < -0.3 is 10.1 Å². The van der Waals surface area contributed by atoms with Gasteiger partial charge >= 0.3 is 0 Å². The fourth-order valence-electron chi connectivity index (χ4n) is 1.13. The van der Waals surface area contributed by atoms with Gasteiger partial charge in [-0.15, -0.1) is 11.6 Å². The summed E-state index contributed by atoms with van der Waals surface area (Å²) in [7, 11) is 1.60. The SMILES string of the molecule is COCC(Cl)CCNc1ncccc1F. The van der Waals surface area contributed by atoms with Gasteiger partial charge in [0.1, 0.15) is 0 Å². The van der Waals surface area contributed by atoms with Crippen molar-refractivity contribution >= 4 is 17.4 Å². The molecular weight excluding hydrogens is 219 g/mol. The molecule has 1 aromatic heterocycles. The van der Waals surface area contributed by atoms with Crippen LogP contribution in [-0.2, 0) is 4.74 Å². The molecule has 1 atom stereocenters. The number of anilines is 1. The van der Waals surface area contributed by atoms with Gasteiger partial charge in [-0.25, -0.2) is 9.37 Å². The van der Waals surface area contributed by atoms with E-state index in [-0.39, 0.29) is 17.0 Å². The monoisotopic (exact) mass is 232 g/mol. The third kappa shape index (κ3) is 4.44. The Hall–Kier alpha value is -0.870. The molecule has 0 bridgehead atoms. The van der Waals surface area contributed by atoms with Gasteiger partial charge in [0.05, 0.1) is 12.0 Å². The van der Waals surface area contributed by atoms with E-state index in [2.05, 4.69) is 10.3 Å². The number of nitrogens with zero attached hydrogens (tertiary/aromatic N) is 1. The number of pyridine rings is 1. The lowest BCUT2D eigenvalue weighted by Crippen LogP contribution is -2.14. The lowest BCUT2D eigenvalue weighted by Gasteiger charge is -2.09. The summed E-state index contributed by atoms with van der Waals surface area (Å²) in [5.74, 6) is -0.0888. The van der Waals surface area contributed by atoms with Crippen LogP contribution in [0, 0.1) is 5.82 Å². The Morgan fingerprint density at radius 1 is 1.67 bits per heavy atom. The minimum absolute atomic E-state index is 0.0609. The number of rotatable bonds is 6. The van der Waals surface area contributed by atoms with Crippen molar-refractivity contribution in [3.8, 4) is 0 Å². The molecule has 5 heteroatoms. The summed E-state index contributed by atoms with van der Waals surface area (Å²) in [6.45, 7) is 1.07. The van der Waals surface area contributed by atoms with Crippen LogP contribution in [0.2, 0.25) is 0 Å². The maximum atomic E-state index is 13.1. The van der Waals surface area contributed by atoms with Crippen LogP contribution in [0.3, 0.4) is 0 Å². The number of ether oxygens (including phenoxy) is 1. The third-order valence-electron chi connectivity index (χ3n) is 1.86. The summed E-state index contributed by atoms with van der Waals surface area (Å²) >= 11 is 5.91. The summed E-state index contributed by atoms with van der Waals surface area (Å²) in [6, 6.07) is 2.92. The van der Waals surface area contributed by atoms with Crippen molar-refractivity contribution in [2.24, 2.45) is 0 Å². The first-order chi connectivity index (χ1) is 7.24. The molecule has 15 heavy (non-hydrogen) atoms. The fraction of sp³-hybridized carbons (Fsp3) is 0.500. The minimum Gasteiger partial charge on any atom is -0.383 e. The lowest BCUT2D eigenvalue weighted by atomic mass is 10.3. The van der Waals surface area contributed by atoms with Crippen LogP contribution < -0.4 is 5.32 Å². The number of aromatic nitrogens is 1. The number of hydrogen-bond acceptors (Lipinski definition) is 3. The molecule has 0 saturated carbocycles. The maximum absolute atomic E-state index is 13.1. The van der Waals surface area contributed by atoms with Gasteiger partial charge in [0, 0.05) is 19.9 Å². The average molecular weight is 233 g/mol. The van der Waals surface area contributed by atoms with E-state index in [1.807, 2.05) is 0 Å². The van der Waals surface area contributed by atoms with Gasteiger partial charge in [0.25, 0.3) is 0 Å². The smallest absolute Gasteiger partial charge is 0.165 e. The standard InChI is InChI=1S/C10H14ClFN2O/c1-15-7-8(11)4-6-14-10-9(12)3-2-5-13-10/h2-3,5,8H,4,6-7H2,1H3,(H,13,14). The fourth-order valence-corrected chi connectivity index (χ4v) is 1.36. The van der Waals surface area contributed by atoms with E-state index in [1.165, 1.54) is 6.07 Å². The molecule has 0 amide bonds. The highest BCUT2D eigenvalue weighted by Crippen LogP contribution is 2.09. The zero-order valence-corrected chi connectivity index (χ0v) is 9.30. The molecular formula is C10H14ClFN2O. The summed E-state index contributed by atoms with van der Waals surface area (Å²) in [5.41, 5.74) is 0. The molecule has 1 rings (SSSR count). The first-order valence-electron chi connectivity index (χ1n) is 4.71. The predicted molar refractivity (Wildman–Crippen MR) is 58.8 cm³/mol. The zero-order valence-electron chi connectivity index (χ0n) is 8.54. The van der Waals surface area contributed by atoms with Gasteiger partial charge in [-0.05, 0) is 18.6 Å². The Morgan fingerprint density at radius 2 is 2.47 bits per heavy atom. The van der Waals surface area contributed by atoms with Crippen LogP contribution in [-0.4, -0.2) is 30.6 Å². The van der Waals surface area contributed by atoms with E-state index in [4.69, 9.17) is 16.3 Å². The van der Waals surface area contributed by atoms with Gasteiger partial charge in [0.2, 0.25) is 0 Å². The van der Waals surface area contributed by atoms with Gasteiger partial charge in [-0.1, -0.05) is 0 Å². The number of hydrogen-bond donors (Lipinski definition) is 1. The van der Waals surface area contributed by atoms with Crippen molar-refractivity contribution in [2.75, 3.05) is 25.6 Å². The highest BCUT2D eigenvalue weighted by molar-refractivity contribution is 6.20. The summed E-state index contributed by atoms with van der Waals surface area (Å²) in [5, 5.41) is 2.82. The van der Waals surface area contributed by atoms with E-state index in [0.717, 1.165) is 0 Å². The quantitative estimate of drug-likeness (QED) is 0.765. The lowest BCUT2D eigenvalue weighted by molar-refractivity contribution is 0.196. The molecule has 0 aliphatic carbocycles. The van der Waals surface area contributed by atoms with Crippen molar-refractivity contribution in [3.63, 3.8) is 0 Å². The van der Waals surface area contributed by atoms with Crippen molar-refractivity contribution < 1.29 is 9.13 Å². The van der Waals surface area contributed by atoms with Crippen LogP contribution in [0.15, 0.2) is 18.3 Å². The molecule has 84 valence electrons. The second-order valence-corrected chi connectivity index (χ2v) is 3.72. The molecule has 0 radical (unpaired) electrons. The van der Waals surface area contributed by atoms with Crippen molar-refractivity contribution in [3.05, 3.63) is 24.1 Å². The minimum atomic E-state index is -0.352. The van der Waals surface area contributed by atoms with Gasteiger partial charge in [0.15, 0.2) is 11.6 Å². The zero-order chi connectivity index (χ0) is 11.1. The summed E-state index contributed by atoms with van der Waals surface area (Å²) < 4.78 is 18.0. The van der Waals surface area contributed by atoms with Gasteiger partial charge in [-0.2, -0.15) is 0 Å². The van der Waals surface area contributed by atoms with Crippen LogP contribution in [0.5, 0.6) is 0 Å². The molecule has 0 aromatic carbocycles. The molecule has 1 aromatic rings. The molecule has 0 aliphatic rings. The largest absolute Gasteiger partial charge is 0.383 e. The molecule has 0 spiro atoms. The van der Waals surface area contributed by atoms with E-state index in [1.54, 1.807) is 19.4 Å². The Balaban J connectivity index is 2.29. The van der Waals surface area contributed by atoms with E-state index >= 15 is 0 Å². The number of nitrogens with one attached hydrogen (secondary N) is 1. The molecule has 0 aliphatic heterocycles. The van der Waals surface area contributed by atoms with Crippen molar-refractivity contribution in [1.29, 1.82) is 0 Å². The van der Waals surface area contributed by atoms with Crippen molar-refractivity contribution in [2.45, 2.75) is 11.8 Å².